The van der Waals surface area contributed by atoms with Gasteiger partial charge in [-0.15, -0.1) is 0 Å². The Morgan fingerprint density at radius 3 is 3.00 bits per heavy atom. The molecule has 3 aromatic rings. The molecular weight excluding hydrogens is 235 g/mol. The van der Waals surface area contributed by atoms with Crippen LogP contribution in [0.3, 0.4) is 0 Å². The van der Waals surface area contributed by atoms with E-state index in [0.717, 1.165) is 11.5 Å². The van der Waals surface area contributed by atoms with Gasteiger partial charge in [0.25, 0.3) is 0 Å². The number of hydrogen-bond donors (Lipinski definition) is 1. The molecule has 0 aliphatic heterocycles. The van der Waals surface area contributed by atoms with E-state index in [2.05, 4.69) is 10.1 Å². The Kier molecular flexibility index (Phi) is 2.29. The first-order chi connectivity index (χ1) is 8.65. The van der Waals surface area contributed by atoms with Gasteiger partial charge in [0.15, 0.2) is 5.82 Å². The molecule has 3 rings (SSSR count). The number of nitrogen functional groups attached to an aromatic ring is 1. The number of nitrogens with zero attached hydrogens (tertiary/aromatic N) is 3. The largest absolute Gasteiger partial charge is 0.369 e. The Morgan fingerprint density at radius 1 is 1.44 bits per heavy atom. The summed E-state index contributed by atoms with van der Waals surface area (Å²) in [5, 5.41) is 3.89. The topological polar surface area (TPSA) is 69.9 Å². The summed E-state index contributed by atoms with van der Waals surface area (Å²) in [5.74, 6) is 0.601. The molecule has 6 heteroatoms. The van der Waals surface area contributed by atoms with Gasteiger partial charge in [0.1, 0.15) is 17.0 Å². The lowest BCUT2D eigenvalue weighted by Crippen LogP contribution is -2.04. The summed E-state index contributed by atoms with van der Waals surface area (Å²) < 4.78 is 20.3. The van der Waals surface area contributed by atoms with E-state index in [9.17, 15) is 4.39 Å². The van der Waals surface area contributed by atoms with Crippen LogP contribution in [0.4, 0.5) is 10.3 Å². The molecule has 0 bridgehead atoms. The fourth-order valence-electron chi connectivity index (χ4n) is 1.95. The summed E-state index contributed by atoms with van der Waals surface area (Å²) in [6.45, 7) is 2.22. The highest BCUT2D eigenvalue weighted by molar-refractivity contribution is 5.78. The number of fused-ring (bicyclic) bond motifs is 1. The van der Waals surface area contributed by atoms with Crippen LogP contribution in [-0.4, -0.2) is 14.7 Å². The van der Waals surface area contributed by atoms with Gasteiger partial charge in [0.2, 0.25) is 5.95 Å². The molecular formula is C12H11FN4O. The Balaban J connectivity index is 2.11. The van der Waals surface area contributed by atoms with Gasteiger partial charge in [-0.3, -0.25) is 0 Å². The van der Waals surface area contributed by atoms with Crippen LogP contribution in [-0.2, 0) is 6.54 Å². The minimum absolute atomic E-state index is 0.260. The molecule has 2 N–H and O–H groups in total. The van der Waals surface area contributed by atoms with E-state index < -0.39 is 0 Å². The lowest BCUT2D eigenvalue weighted by Gasteiger charge is -2.02. The Bertz CT molecular complexity index is 716. The van der Waals surface area contributed by atoms with Crippen molar-refractivity contribution in [3.8, 4) is 0 Å². The number of nitrogens with two attached hydrogens (primary N) is 1. The summed E-state index contributed by atoms with van der Waals surface area (Å²) in [7, 11) is 0. The van der Waals surface area contributed by atoms with E-state index in [-0.39, 0.29) is 17.3 Å². The molecule has 0 aliphatic carbocycles. The first-order valence-electron chi connectivity index (χ1n) is 5.47. The normalized spacial score (nSPS) is 11.2. The van der Waals surface area contributed by atoms with Gasteiger partial charge in [-0.05, 0) is 19.1 Å². The Hall–Kier alpha value is -2.37. The second kappa shape index (κ2) is 3.83. The van der Waals surface area contributed by atoms with Crippen LogP contribution in [0, 0.1) is 12.7 Å². The number of aromatic nitrogens is 3. The SMILES string of the molecule is Cc1cc(Cn2c(N)nc3c(F)cccc32)no1. The van der Waals surface area contributed by atoms with E-state index in [4.69, 9.17) is 10.3 Å². The van der Waals surface area contributed by atoms with Crippen molar-refractivity contribution in [3.05, 3.63) is 41.5 Å². The lowest BCUT2D eigenvalue weighted by molar-refractivity contribution is 0.389. The number of para-hydroxylation sites is 1. The van der Waals surface area contributed by atoms with Crippen LogP contribution in [0.2, 0.25) is 0 Å². The summed E-state index contributed by atoms with van der Waals surface area (Å²) >= 11 is 0. The molecule has 0 saturated carbocycles. The molecule has 1 aromatic carbocycles. The van der Waals surface area contributed by atoms with Crippen LogP contribution in [0.25, 0.3) is 11.0 Å². The molecule has 0 spiro atoms. The molecule has 2 heterocycles. The van der Waals surface area contributed by atoms with Crippen molar-refractivity contribution in [3.63, 3.8) is 0 Å². The minimum atomic E-state index is -0.380. The maximum Gasteiger partial charge on any atom is 0.201 e. The van der Waals surface area contributed by atoms with Crippen LogP contribution in [0.5, 0.6) is 0 Å². The molecule has 2 aromatic heterocycles. The highest BCUT2D eigenvalue weighted by atomic mass is 19.1. The van der Waals surface area contributed by atoms with Crippen LogP contribution in [0.1, 0.15) is 11.5 Å². The average molecular weight is 246 g/mol. The maximum atomic E-state index is 13.6. The smallest absolute Gasteiger partial charge is 0.201 e. The highest BCUT2D eigenvalue weighted by Gasteiger charge is 2.13. The molecule has 0 fully saturated rings. The fourth-order valence-corrected chi connectivity index (χ4v) is 1.95. The van der Waals surface area contributed by atoms with Gasteiger partial charge in [0.05, 0.1) is 12.1 Å². The molecule has 18 heavy (non-hydrogen) atoms. The molecule has 0 amide bonds. The maximum absolute atomic E-state index is 13.6. The van der Waals surface area contributed by atoms with E-state index in [1.165, 1.54) is 6.07 Å². The van der Waals surface area contributed by atoms with Crippen molar-refractivity contribution in [1.29, 1.82) is 0 Å². The monoisotopic (exact) mass is 246 g/mol. The van der Waals surface area contributed by atoms with Crippen molar-refractivity contribution in [2.75, 3.05) is 5.73 Å². The molecule has 0 unspecified atom stereocenters. The second-order valence-electron chi connectivity index (χ2n) is 4.09. The third kappa shape index (κ3) is 1.62. The third-order valence-corrected chi connectivity index (χ3v) is 2.76. The van der Waals surface area contributed by atoms with E-state index in [0.29, 0.717) is 12.1 Å². The Labute approximate surface area is 102 Å². The fraction of sp³-hybridized carbons (Fsp3) is 0.167. The number of benzene rings is 1. The van der Waals surface area contributed by atoms with Crippen LogP contribution < -0.4 is 5.73 Å². The zero-order chi connectivity index (χ0) is 12.7. The van der Waals surface area contributed by atoms with Gasteiger partial charge in [-0.2, -0.15) is 0 Å². The summed E-state index contributed by atoms with van der Waals surface area (Å²) in [6, 6.07) is 6.57. The minimum Gasteiger partial charge on any atom is -0.369 e. The molecule has 0 radical (unpaired) electrons. The number of hydrogen-bond acceptors (Lipinski definition) is 4. The van der Waals surface area contributed by atoms with Crippen LogP contribution >= 0.6 is 0 Å². The van der Waals surface area contributed by atoms with Gasteiger partial charge < -0.3 is 14.8 Å². The molecule has 0 aliphatic rings. The van der Waals surface area contributed by atoms with Crippen molar-refractivity contribution in [2.24, 2.45) is 0 Å². The quantitative estimate of drug-likeness (QED) is 0.751. The first kappa shape index (κ1) is 10.8. The number of aryl methyl sites for hydroxylation is 1. The van der Waals surface area contributed by atoms with E-state index >= 15 is 0 Å². The van der Waals surface area contributed by atoms with Crippen molar-refractivity contribution in [2.45, 2.75) is 13.5 Å². The predicted molar refractivity (Wildman–Crippen MR) is 64.4 cm³/mol. The highest BCUT2D eigenvalue weighted by Crippen LogP contribution is 2.21. The molecule has 92 valence electrons. The van der Waals surface area contributed by atoms with Gasteiger partial charge in [-0.1, -0.05) is 11.2 Å². The van der Waals surface area contributed by atoms with Gasteiger partial charge in [0, 0.05) is 6.07 Å². The summed E-state index contributed by atoms with van der Waals surface area (Å²) in [5.41, 5.74) is 7.45. The number of anilines is 1. The van der Waals surface area contributed by atoms with Crippen molar-refractivity contribution >= 4 is 17.0 Å². The standard InChI is InChI=1S/C12H11FN4O/c1-7-5-8(16-18-7)6-17-10-4-2-3-9(13)11(10)15-12(17)14/h2-5H,6H2,1H3,(H2,14,15). The van der Waals surface area contributed by atoms with Gasteiger partial charge in [-0.25, -0.2) is 9.37 Å². The molecule has 0 atom stereocenters. The van der Waals surface area contributed by atoms with Crippen molar-refractivity contribution < 1.29 is 8.91 Å². The first-order valence-corrected chi connectivity index (χ1v) is 5.47. The molecule has 5 nitrogen and oxygen atoms in total. The van der Waals surface area contributed by atoms with Gasteiger partial charge >= 0.3 is 0 Å². The average Bonchev–Trinajstić information content (AvgIpc) is 2.87. The predicted octanol–water partition coefficient (Wildman–Crippen LogP) is 2.10. The zero-order valence-corrected chi connectivity index (χ0v) is 9.72. The van der Waals surface area contributed by atoms with Crippen LogP contribution in [0.15, 0.2) is 28.8 Å². The second-order valence-corrected chi connectivity index (χ2v) is 4.09. The van der Waals surface area contributed by atoms with Crippen molar-refractivity contribution in [1.82, 2.24) is 14.7 Å². The zero-order valence-electron chi connectivity index (χ0n) is 9.72. The summed E-state index contributed by atoms with van der Waals surface area (Å²) in [6.07, 6.45) is 0. The van der Waals surface area contributed by atoms with E-state index in [1.54, 1.807) is 16.7 Å². The number of halogens is 1. The van der Waals surface area contributed by atoms with E-state index in [1.807, 2.05) is 13.0 Å². The number of imidazole rings is 1. The Morgan fingerprint density at radius 2 is 2.28 bits per heavy atom. The third-order valence-electron chi connectivity index (χ3n) is 2.76. The number of rotatable bonds is 2. The lowest BCUT2D eigenvalue weighted by atomic mass is 10.3. The summed E-state index contributed by atoms with van der Waals surface area (Å²) in [4.78, 5) is 4.02. The molecule has 0 saturated heterocycles.